The molecule has 0 aliphatic rings. The first-order valence-electron chi connectivity index (χ1n) is 8.68. The number of aromatic nitrogens is 1. The number of thiazole rings is 1. The first kappa shape index (κ1) is 20.0. The summed E-state index contributed by atoms with van der Waals surface area (Å²) in [5, 5.41) is 3.12. The molecule has 2 aromatic carbocycles. The Kier molecular flexibility index (Phi) is 6.11. The van der Waals surface area contributed by atoms with Gasteiger partial charge in [-0.05, 0) is 48.4 Å². The fourth-order valence-corrected chi connectivity index (χ4v) is 4.03. The van der Waals surface area contributed by atoms with Crippen LogP contribution in [0.5, 0.6) is 5.75 Å². The molecule has 0 fully saturated rings. The number of anilines is 1. The van der Waals surface area contributed by atoms with Gasteiger partial charge in [0.25, 0.3) is 0 Å². The number of benzene rings is 2. The van der Waals surface area contributed by atoms with E-state index in [0.29, 0.717) is 22.0 Å². The van der Waals surface area contributed by atoms with E-state index >= 15 is 0 Å². The molecule has 0 aliphatic heterocycles. The molecule has 0 bridgehead atoms. The van der Waals surface area contributed by atoms with Crippen molar-refractivity contribution in [3.63, 3.8) is 0 Å². The van der Waals surface area contributed by atoms with Crippen LogP contribution in [0.2, 0.25) is 0 Å². The van der Waals surface area contributed by atoms with E-state index in [1.54, 1.807) is 18.2 Å². The molecule has 0 atom stereocenters. The molecule has 8 heteroatoms. The quantitative estimate of drug-likeness (QED) is 0.585. The van der Waals surface area contributed by atoms with E-state index in [-0.39, 0.29) is 10.8 Å². The lowest BCUT2D eigenvalue weighted by Crippen LogP contribution is -2.07. The van der Waals surface area contributed by atoms with Crippen LogP contribution in [-0.4, -0.2) is 32.2 Å². The summed E-state index contributed by atoms with van der Waals surface area (Å²) < 4.78 is 29.5. The highest BCUT2D eigenvalue weighted by atomic mass is 32.2. The number of fused-ring (bicyclic) bond motifs is 1. The fraction of sp³-hybridized carbons (Fsp3) is 0.200. The van der Waals surface area contributed by atoms with Crippen molar-refractivity contribution in [1.82, 2.24) is 4.98 Å². The molecule has 1 N–H and O–H groups in total. The molecule has 0 saturated heterocycles. The SMILES string of the molecule is CCCOc1ccc(C=CC(=O)Nc2nc3ccc(S(C)(=O)=O)cc3s2)cc1. The Balaban J connectivity index is 1.66. The maximum absolute atomic E-state index is 12.1. The molecule has 1 amide bonds. The van der Waals surface area contributed by atoms with E-state index in [9.17, 15) is 13.2 Å². The molecule has 0 radical (unpaired) electrons. The standard InChI is InChI=1S/C20H20N2O4S2/c1-3-12-26-15-7-4-14(5-8-15)6-11-19(23)22-20-21-17-10-9-16(28(2,24)25)13-18(17)27-20/h4-11,13H,3,12H2,1-2H3,(H,21,22,23). The molecule has 0 spiro atoms. The summed E-state index contributed by atoms with van der Waals surface area (Å²) in [5.41, 5.74) is 1.51. The van der Waals surface area contributed by atoms with Gasteiger partial charge in [0.05, 0.1) is 21.7 Å². The molecule has 28 heavy (non-hydrogen) atoms. The number of carbonyl (C=O) groups excluding carboxylic acids is 1. The zero-order chi connectivity index (χ0) is 20.1. The van der Waals surface area contributed by atoms with E-state index in [0.717, 1.165) is 24.0 Å². The molecule has 3 rings (SSSR count). The Bertz CT molecular complexity index is 1120. The van der Waals surface area contributed by atoms with Crippen molar-refractivity contribution in [2.75, 3.05) is 18.2 Å². The smallest absolute Gasteiger partial charge is 0.250 e. The highest BCUT2D eigenvalue weighted by molar-refractivity contribution is 7.90. The lowest BCUT2D eigenvalue weighted by molar-refractivity contribution is -0.111. The van der Waals surface area contributed by atoms with E-state index < -0.39 is 9.84 Å². The summed E-state index contributed by atoms with van der Waals surface area (Å²) >= 11 is 1.23. The van der Waals surface area contributed by atoms with Crippen LogP contribution >= 0.6 is 11.3 Å². The van der Waals surface area contributed by atoms with Crippen LogP contribution in [0.25, 0.3) is 16.3 Å². The van der Waals surface area contributed by atoms with Crippen molar-refractivity contribution in [2.45, 2.75) is 18.2 Å². The summed E-state index contributed by atoms with van der Waals surface area (Å²) in [4.78, 5) is 16.7. The van der Waals surface area contributed by atoms with Crippen LogP contribution in [0.15, 0.2) is 53.4 Å². The number of carbonyl (C=O) groups is 1. The summed E-state index contributed by atoms with van der Waals surface area (Å²) in [7, 11) is -3.28. The predicted molar refractivity (Wildman–Crippen MR) is 113 cm³/mol. The lowest BCUT2D eigenvalue weighted by Gasteiger charge is -2.03. The Morgan fingerprint density at radius 2 is 1.96 bits per heavy atom. The molecular weight excluding hydrogens is 396 g/mol. The highest BCUT2D eigenvalue weighted by Gasteiger charge is 2.11. The van der Waals surface area contributed by atoms with Crippen LogP contribution < -0.4 is 10.1 Å². The number of amides is 1. The van der Waals surface area contributed by atoms with Gasteiger partial charge in [0.15, 0.2) is 15.0 Å². The number of rotatable bonds is 7. The van der Waals surface area contributed by atoms with Gasteiger partial charge in [0, 0.05) is 12.3 Å². The zero-order valence-electron chi connectivity index (χ0n) is 15.5. The molecule has 1 heterocycles. The van der Waals surface area contributed by atoms with Gasteiger partial charge in [-0.1, -0.05) is 30.4 Å². The largest absolute Gasteiger partial charge is 0.494 e. The number of nitrogens with one attached hydrogen (secondary N) is 1. The molecule has 146 valence electrons. The Labute approximate surface area is 167 Å². The predicted octanol–water partition coefficient (Wildman–Crippen LogP) is 4.14. The third-order valence-corrected chi connectivity index (χ3v) is 5.84. The van der Waals surface area contributed by atoms with Gasteiger partial charge in [0.1, 0.15) is 5.75 Å². The van der Waals surface area contributed by atoms with Crippen molar-refractivity contribution in [3.05, 3.63) is 54.1 Å². The Morgan fingerprint density at radius 3 is 2.64 bits per heavy atom. The summed E-state index contributed by atoms with van der Waals surface area (Å²) in [6.45, 7) is 2.72. The van der Waals surface area contributed by atoms with Gasteiger partial charge >= 0.3 is 0 Å². The van der Waals surface area contributed by atoms with Crippen molar-refractivity contribution in [2.24, 2.45) is 0 Å². The van der Waals surface area contributed by atoms with Crippen LogP contribution in [0, 0.1) is 0 Å². The second kappa shape index (κ2) is 8.53. The molecule has 3 aromatic rings. The topological polar surface area (TPSA) is 85.4 Å². The van der Waals surface area contributed by atoms with Gasteiger partial charge in [-0.25, -0.2) is 13.4 Å². The molecule has 6 nitrogen and oxygen atoms in total. The van der Waals surface area contributed by atoms with E-state index in [1.165, 1.54) is 23.5 Å². The normalized spacial score (nSPS) is 11.8. The average molecular weight is 417 g/mol. The van der Waals surface area contributed by atoms with Gasteiger partial charge < -0.3 is 4.74 Å². The fourth-order valence-electron chi connectivity index (χ4n) is 2.40. The van der Waals surface area contributed by atoms with Gasteiger partial charge in [-0.15, -0.1) is 0 Å². The Morgan fingerprint density at radius 1 is 1.21 bits per heavy atom. The average Bonchev–Trinajstić information content (AvgIpc) is 3.06. The summed E-state index contributed by atoms with van der Waals surface area (Å²) in [6.07, 6.45) is 5.23. The van der Waals surface area contributed by atoms with Crippen LogP contribution in [-0.2, 0) is 14.6 Å². The maximum Gasteiger partial charge on any atom is 0.250 e. The van der Waals surface area contributed by atoms with Crippen LogP contribution in [0.3, 0.4) is 0 Å². The number of hydrogen-bond acceptors (Lipinski definition) is 6. The molecule has 1 aromatic heterocycles. The second-order valence-electron chi connectivity index (χ2n) is 6.16. The third kappa shape index (κ3) is 5.17. The minimum atomic E-state index is -3.28. The van der Waals surface area contributed by atoms with Gasteiger partial charge in [0.2, 0.25) is 5.91 Å². The summed E-state index contributed by atoms with van der Waals surface area (Å²) in [5.74, 6) is 0.486. The summed E-state index contributed by atoms with van der Waals surface area (Å²) in [6, 6.07) is 12.2. The lowest BCUT2D eigenvalue weighted by atomic mass is 10.2. The van der Waals surface area contributed by atoms with E-state index in [2.05, 4.69) is 10.3 Å². The van der Waals surface area contributed by atoms with Crippen LogP contribution in [0.1, 0.15) is 18.9 Å². The minimum absolute atomic E-state index is 0.229. The Hall–Kier alpha value is -2.71. The molecule has 0 unspecified atom stereocenters. The van der Waals surface area contributed by atoms with E-state index in [1.807, 2.05) is 31.2 Å². The third-order valence-electron chi connectivity index (χ3n) is 3.80. The van der Waals surface area contributed by atoms with Crippen molar-refractivity contribution in [3.8, 4) is 5.75 Å². The van der Waals surface area contributed by atoms with Crippen LogP contribution in [0.4, 0.5) is 5.13 Å². The maximum atomic E-state index is 12.1. The van der Waals surface area contributed by atoms with Gasteiger partial charge in [-0.2, -0.15) is 0 Å². The van der Waals surface area contributed by atoms with Gasteiger partial charge in [-0.3, -0.25) is 10.1 Å². The molecule has 0 aliphatic carbocycles. The van der Waals surface area contributed by atoms with E-state index in [4.69, 9.17) is 4.74 Å². The second-order valence-corrected chi connectivity index (χ2v) is 9.21. The van der Waals surface area contributed by atoms with Crippen molar-refractivity contribution >= 4 is 48.5 Å². The van der Waals surface area contributed by atoms with Crippen molar-refractivity contribution in [1.29, 1.82) is 0 Å². The first-order valence-corrected chi connectivity index (χ1v) is 11.4. The zero-order valence-corrected chi connectivity index (χ0v) is 17.1. The first-order chi connectivity index (χ1) is 13.3. The number of ether oxygens (including phenoxy) is 1. The number of hydrogen-bond donors (Lipinski definition) is 1. The monoisotopic (exact) mass is 416 g/mol. The number of nitrogens with zero attached hydrogens (tertiary/aromatic N) is 1. The minimum Gasteiger partial charge on any atom is -0.494 e. The molecule has 0 saturated carbocycles. The highest BCUT2D eigenvalue weighted by Crippen LogP contribution is 2.28. The molecular formula is C20H20N2O4S2. The van der Waals surface area contributed by atoms with Crippen molar-refractivity contribution < 1.29 is 17.9 Å². The number of sulfone groups is 1.